The van der Waals surface area contributed by atoms with Gasteiger partial charge < -0.3 is 0 Å². The molecule has 1 aromatic carbocycles. The molecule has 0 aromatic heterocycles. The van der Waals surface area contributed by atoms with Crippen LogP contribution in [0.1, 0.15) is 18.4 Å². The number of hydrogen-bond donors (Lipinski definition) is 0. The van der Waals surface area contributed by atoms with Crippen LogP contribution in [0.25, 0.3) is 0 Å². The van der Waals surface area contributed by atoms with Gasteiger partial charge >= 0.3 is 14.1 Å². The van der Waals surface area contributed by atoms with Crippen LogP contribution >= 0.6 is 0 Å². The second kappa shape index (κ2) is 6.99. The van der Waals surface area contributed by atoms with Crippen LogP contribution in [0.15, 0.2) is 54.2 Å². The molecule has 3 rings (SSSR count). The van der Waals surface area contributed by atoms with E-state index in [1.54, 1.807) is 0 Å². The lowest BCUT2D eigenvalue weighted by molar-refractivity contribution is 0.257. The molecule has 2 aliphatic rings. The van der Waals surface area contributed by atoms with Crippen LogP contribution in [-0.2, 0) is 0 Å². The summed E-state index contributed by atoms with van der Waals surface area (Å²) in [7, 11) is 0. The third-order valence-electron chi connectivity index (χ3n) is 4.80. The predicted molar refractivity (Wildman–Crippen MR) is 90.0 cm³/mol. The summed E-state index contributed by atoms with van der Waals surface area (Å²) in [5.41, 5.74) is -0.377. The first-order chi connectivity index (χ1) is 12.6. The van der Waals surface area contributed by atoms with E-state index < -0.39 is 69.6 Å². The van der Waals surface area contributed by atoms with E-state index in [1.165, 1.54) is 0 Å². The molecule has 8 heteroatoms. The van der Waals surface area contributed by atoms with E-state index in [1.807, 2.05) is 0 Å². The third kappa shape index (κ3) is 3.53. The molecule has 0 saturated carbocycles. The summed E-state index contributed by atoms with van der Waals surface area (Å²) < 4.78 is 95.7. The van der Waals surface area contributed by atoms with Gasteiger partial charge in [0.25, 0.3) is 0 Å². The summed E-state index contributed by atoms with van der Waals surface area (Å²) in [5.74, 6) is -6.40. The molecule has 1 aromatic rings. The minimum atomic E-state index is -4.25. The van der Waals surface area contributed by atoms with Crippen molar-refractivity contribution >= 4 is 18.6 Å². The summed E-state index contributed by atoms with van der Waals surface area (Å²) in [4.78, 5) is 0. The van der Waals surface area contributed by atoms with Crippen molar-refractivity contribution in [3.63, 3.8) is 0 Å². The van der Waals surface area contributed by atoms with Gasteiger partial charge in [-0.25, -0.2) is 22.0 Å². The second-order valence-electron chi connectivity index (χ2n) is 6.80. The number of halogens is 7. The largest absolute Gasteiger partial charge is 0.433 e. The zero-order valence-electron chi connectivity index (χ0n) is 14.2. The van der Waals surface area contributed by atoms with Crippen LogP contribution in [0.3, 0.4) is 0 Å². The molecule has 142 valence electrons. The van der Waals surface area contributed by atoms with Gasteiger partial charge in [-0.15, -0.1) is 0 Å². The van der Waals surface area contributed by atoms with Gasteiger partial charge in [-0.05, 0) is 35.1 Å². The Morgan fingerprint density at radius 2 is 1.30 bits per heavy atom. The quantitative estimate of drug-likeness (QED) is 0.369. The van der Waals surface area contributed by atoms with Crippen molar-refractivity contribution in [1.29, 1.82) is 0 Å². The van der Waals surface area contributed by atoms with Gasteiger partial charge in [0.2, 0.25) is 0 Å². The normalized spacial score (nSPS) is 27.4. The number of allylic oxidation sites excluding steroid dienone is 8. The first kappa shape index (κ1) is 20.0. The Kier molecular flexibility index (Phi) is 5.17. The van der Waals surface area contributed by atoms with E-state index in [0.717, 1.165) is 43.4 Å². The van der Waals surface area contributed by atoms with Crippen molar-refractivity contribution in [3.8, 4) is 0 Å². The Bertz CT molecular complexity index is 860. The summed E-state index contributed by atoms with van der Waals surface area (Å²) in [5, 5.41) is 0. The van der Waals surface area contributed by atoms with Crippen molar-refractivity contribution in [2.75, 3.05) is 0 Å². The molecule has 0 fully saturated rings. The Labute approximate surface area is 155 Å². The molecule has 27 heavy (non-hydrogen) atoms. The van der Waals surface area contributed by atoms with Crippen LogP contribution in [0.2, 0.25) is 0 Å². The van der Waals surface area contributed by atoms with Gasteiger partial charge in [0.15, 0.2) is 5.82 Å². The Morgan fingerprint density at radius 3 is 1.74 bits per heavy atom. The van der Waals surface area contributed by atoms with Gasteiger partial charge in [0, 0.05) is 12.8 Å². The van der Waals surface area contributed by atoms with Gasteiger partial charge in [-0.3, -0.25) is 8.78 Å². The number of rotatable bonds is 3. The lowest BCUT2D eigenvalue weighted by Crippen LogP contribution is -2.64. The summed E-state index contributed by atoms with van der Waals surface area (Å²) in [6, 6.07) is 0.637. The highest BCUT2D eigenvalue weighted by Gasteiger charge is 2.61. The van der Waals surface area contributed by atoms with Crippen molar-refractivity contribution in [3.05, 3.63) is 77.2 Å². The SMILES string of the molecule is Cc1cc(F)[c]([Al]([C]2(F)C=CC=C(F)C2)[C]2(F)C=CC=C(F)C2)c(F)c1F. The topological polar surface area (TPSA) is 0 Å². The van der Waals surface area contributed by atoms with E-state index in [9.17, 15) is 22.0 Å². The van der Waals surface area contributed by atoms with Gasteiger partial charge in [-0.1, -0.05) is 24.3 Å². The molecule has 0 N–H and O–H groups in total. The summed E-state index contributed by atoms with van der Waals surface area (Å²) in [6.45, 7) is 1.10. The monoisotopic (exact) mass is 402 g/mol. The first-order valence-corrected chi connectivity index (χ1v) is 9.90. The minimum absolute atomic E-state index is 0.377. The van der Waals surface area contributed by atoms with Crippen LogP contribution in [0, 0.1) is 24.4 Å². The predicted octanol–water partition coefficient (Wildman–Crippen LogP) is 5.24. The molecule has 0 amide bonds. The molecule has 0 aliphatic heterocycles. The average Bonchev–Trinajstić information content (AvgIpc) is 2.56. The van der Waals surface area contributed by atoms with E-state index in [2.05, 4.69) is 0 Å². The number of aryl methyl sites for hydroxylation is 1. The van der Waals surface area contributed by atoms with Crippen LogP contribution in [0.5, 0.6) is 0 Å². The molecular weight excluding hydrogens is 388 g/mol. The van der Waals surface area contributed by atoms with Crippen molar-refractivity contribution in [2.24, 2.45) is 0 Å². The minimum Gasteiger partial charge on any atom is -0.256 e. The van der Waals surface area contributed by atoms with Crippen molar-refractivity contribution < 1.29 is 30.7 Å². The number of alkyl halides is 2. The van der Waals surface area contributed by atoms with E-state index >= 15 is 8.78 Å². The average molecular weight is 402 g/mol. The van der Waals surface area contributed by atoms with Gasteiger partial charge in [0.05, 0.1) is 9.06 Å². The Hall–Kier alpha value is -1.78. The molecule has 0 nitrogen and oxygen atoms in total. The smallest absolute Gasteiger partial charge is 0.256 e. The maximum Gasteiger partial charge on any atom is 0.433 e. The van der Waals surface area contributed by atoms with Gasteiger partial charge in [0.1, 0.15) is 23.3 Å². The zero-order valence-corrected chi connectivity index (χ0v) is 15.3. The maximum absolute atomic E-state index is 15.7. The van der Waals surface area contributed by atoms with Gasteiger partial charge in [-0.2, -0.15) is 0 Å². The highest BCUT2D eigenvalue weighted by molar-refractivity contribution is 6.79. The molecule has 0 heterocycles. The molecule has 0 radical (unpaired) electrons. The summed E-state index contributed by atoms with van der Waals surface area (Å²) >= 11 is -4.25. The highest BCUT2D eigenvalue weighted by Crippen LogP contribution is 2.41. The van der Waals surface area contributed by atoms with Crippen molar-refractivity contribution in [2.45, 2.75) is 28.8 Å². The third-order valence-corrected chi connectivity index (χ3v) is 8.62. The van der Waals surface area contributed by atoms with E-state index in [-0.39, 0.29) is 5.56 Å². The lowest BCUT2D eigenvalue weighted by Gasteiger charge is -2.38. The fraction of sp³-hybridized carbons (Fsp3) is 0.263. The Morgan fingerprint density at radius 1 is 0.815 bits per heavy atom. The fourth-order valence-electron chi connectivity index (χ4n) is 3.65. The number of benzene rings is 1. The molecule has 2 aliphatic carbocycles. The first-order valence-electron chi connectivity index (χ1n) is 8.17. The Balaban J connectivity index is 2.26. The molecule has 2 atom stereocenters. The fourth-order valence-corrected chi connectivity index (χ4v) is 7.55. The van der Waals surface area contributed by atoms with Crippen LogP contribution < -0.4 is 4.43 Å². The van der Waals surface area contributed by atoms with Crippen LogP contribution in [-0.4, -0.2) is 23.2 Å². The molecule has 0 bridgehead atoms. The molecule has 2 unspecified atom stereocenters. The number of hydrogen-bond acceptors (Lipinski definition) is 0. The second-order valence-corrected chi connectivity index (χ2v) is 10.2. The molecule has 0 saturated heterocycles. The van der Waals surface area contributed by atoms with E-state index in [4.69, 9.17) is 0 Å². The molecular formula is C19H14AlF7. The maximum atomic E-state index is 15.7. The molecule has 0 spiro atoms. The summed E-state index contributed by atoms with van der Waals surface area (Å²) in [6.07, 6.45) is 3.54. The van der Waals surface area contributed by atoms with Crippen molar-refractivity contribution in [1.82, 2.24) is 0 Å². The van der Waals surface area contributed by atoms with E-state index in [0.29, 0.717) is 6.07 Å². The highest BCUT2D eigenvalue weighted by atomic mass is 27.2. The standard InChI is InChI=1S/C7H4F3.2C6H5F2.Al/c1-4-2-5(8)3-6(9)7(4)10;2*7-5-2-1-3-6(8)4-5;/h2H,1H3;2*1-3H,4H2;. The zero-order chi connectivity index (χ0) is 20.0. The lowest BCUT2D eigenvalue weighted by atomic mass is 10.1. The van der Waals surface area contributed by atoms with Crippen LogP contribution in [0.4, 0.5) is 30.7 Å².